The summed E-state index contributed by atoms with van der Waals surface area (Å²) >= 11 is 0. The summed E-state index contributed by atoms with van der Waals surface area (Å²) in [5.41, 5.74) is 5.26. The van der Waals surface area contributed by atoms with Gasteiger partial charge < -0.3 is 20.5 Å². The fraction of sp³-hybridized carbons (Fsp3) is 0.250. The molecule has 4 nitrogen and oxygen atoms in total. The van der Waals surface area contributed by atoms with Crippen molar-refractivity contribution in [1.29, 1.82) is 0 Å². The SMILES string of the molecule is COCC(Nc1ccccc1NCc1ccc(C)cc1)C(O)c1ccccc1. The molecule has 0 fully saturated rings. The summed E-state index contributed by atoms with van der Waals surface area (Å²) in [6.45, 7) is 3.21. The van der Waals surface area contributed by atoms with E-state index in [1.807, 2.05) is 54.6 Å². The van der Waals surface area contributed by atoms with Crippen molar-refractivity contribution in [2.75, 3.05) is 24.4 Å². The van der Waals surface area contributed by atoms with Gasteiger partial charge in [-0.15, -0.1) is 0 Å². The van der Waals surface area contributed by atoms with E-state index in [9.17, 15) is 5.11 Å². The van der Waals surface area contributed by atoms with E-state index in [2.05, 4.69) is 41.8 Å². The lowest BCUT2D eigenvalue weighted by molar-refractivity contribution is 0.0957. The van der Waals surface area contributed by atoms with Crippen molar-refractivity contribution in [3.8, 4) is 0 Å². The van der Waals surface area contributed by atoms with E-state index in [0.717, 1.165) is 23.5 Å². The number of aliphatic hydroxyl groups is 1. The minimum Gasteiger partial charge on any atom is -0.386 e. The quantitative estimate of drug-likeness (QED) is 0.504. The number of hydrogen-bond donors (Lipinski definition) is 3. The number of aliphatic hydroxyl groups excluding tert-OH is 1. The zero-order chi connectivity index (χ0) is 19.8. The molecule has 3 aromatic rings. The van der Waals surface area contributed by atoms with Gasteiger partial charge in [0.25, 0.3) is 0 Å². The van der Waals surface area contributed by atoms with Gasteiger partial charge in [-0.05, 0) is 30.2 Å². The van der Waals surface area contributed by atoms with Gasteiger partial charge in [0.2, 0.25) is 0 Å². The van der Waals surface area contributed by atoms with Gasteiger partial charge in [-0.1, -0.05) is 72.3 Å². The Hall–Kier alpha value is -2.82. The van der Waals surface area contributed by atoms with Crippen LogP contribution in [0.2, 0.25) is 0 Å². The molecular weight excluding hydrogens is 348 g/mol. The van der Waals surface area contributed by atoms with Crippen molar-refractivity contribution in [1.82, 2.24) is 0 Å². The predicted octanol–water partition coefficient (Wildman–Crippen LogP) is 4.77. The number of para-hydroxylation sites is 2. The normalized spacial score (nSPS) is 13.0. The maximum absolute atomic E-state index is 10.8. The second-order valence-corrected chi connectivity index (χ2v) is 6.95. The van der Waals surface area contributed by atoms with Crippen LogP contribution in [0.5, 0.6) is 0 Å². The maximum Gasteiger partial charge on any atom is 0.101 e. The van der Waals surface area contributed by atoms with Crippen LogP contribution in [0.15, 0.2) is 78.9 Å². The second-order valence-electron chi connectivity index (χ2n) is 6.95. The molecule has 4 heteroatoms. The molecule has 0 aliphatic heterocycles. The molecule has 2 unspecified atom stereocenters. The Morgan fingerprint density at radius 3 is 2.18 bits per heavy atom. The Balaban J connectivity index is 1.73. The number of aryl methyl sites for hydroxylation is 1. The molecule has 0 aliphatic rings. The lowest BCUT2D eigenvalue weighted by Gasteiger charge is -2.26. The standard InChI is InChI=1S/C24H28N2O2/c1-18-12-14-19(15-13-18)16-25-21-10-6-7-11-22(21)26-23(17-28-2)24(27)20-8-4-3-5-9-20/h3-15,23-27H,16-17H2,1-2H3. The fourth-order valence-corrected chi connectivity index (χ4v) is 3.14. The highest BCUT2D eigenvalue weighted by molar-refractivity contribution is 5.69. The zero-order valence-electron chi connectivity index (χ0n) is 16.4. The maximum atomic E-state index is 10.8. The Morgan fingerprint density at radius 1 is 0.857 bits per heavy atom. The summed E-state index contributed by atoms with van der Waals surface area (Å²) in [5, 5.41) is 17.8. The number of nitrogens with one attached hydrogen (secondary N) is 2. The number of ether oxygens (including phenoxy) is 1. The van der Waals surface area contributed by atoms with Gasteiger partial charge in [-0.3, -0.25) is 0 Å². The van der Waals surface area contributed by atoms with E-state index in [0.29, 0.717) is 6.61 Å². The molecule has 0 aromatic heterocycles. The topological polar surface area (TPSA) is 53.5 Å². The highest BCUT2D eigenvalue weighted by Gasteiger charge is 2.21. The van der Waals surface area contributed by atoms with E-state index in [-0.39, 0.29) is 6.04 Å². The number of benzene rings is 3. The van der Waals surface area contributed by atoms with Crippen LogP contribution >= 0.6 is 0 Å². The fourth-order valence-electron chi connectivity index (χ4n) is 3.14. The van der Waals surface area contributed by atoms with Crippen molar-refractivity contribution in [3.05, 3.63) is 95.6 Å². The van der Waals surface area contributed by atoms with Crippen LogP contribution in [0.25, 0.3) is 0 Å². The first-order valence-corrected chi connectivity index (χ1v) is 9.54. The summed E-state index contributed by atoms with van der Waals surface area (Å²) in [5.74, 6) is 0. The lowest BCUT2D eigenvalue weighted by atomic mass is 10.0. The molecule has 3 N–H and O–H groups in total. The molecule has 3 aromatic carbocycles. The third kappa shape index (κ3) is 5.35. The summed E-state index contributed by atoms with van der Waals surface area (Å²) in [6.07, 6.45) is -0.675. The third-order valence-corrected chi connectivity index (χ3v) is 4.74. The van der Waals surface area contributed by atoms with Crippen LogP contribution in [0.3, 0.4) is 0 Å². The van der Waals surface area contributed by atoms with Crippen LogP contribution in [-0.2, 0) is 11.3 Å². The van der Waals surface area contributed by atoms with Gasteiger partial charge in [-0.2, -0.15) is 0 Å². The molecule has 0 aliphatic carbocycles. The largest absolute Gasteiger partial charge is 0.386 e. The van der Waals surface area contributed by atoms with Crippen molar-refractivity contribution in [3.63, 3.8) is 0 Å². The molecule has 28 heavy (non-hydrogen) atoms. The van der Waals surface area contributed by atoms with Gasteiger partial charge in [0.1, 0.15) is 6.10 Å². The van der Waals surface area contributed by atoms with Gasteiger partial charge in [0.15, 0.2) is 0 Å². The average Bonchev–Trinajstić information content (AvgIpc) is 2.74. The van der Waals surface area contributed by atoms with Gasteiger partial charge >= 0.3 is 0 Å². The molecule has 0 spiro atoms. The van der Waals surface area contributed by atoms with Crippen LogP contribution in [0.4, 0.5) is 11.4 Å². The van der Waals surface area contributed by atoms with E-state index >= 15 is 0 Å². The van der Waals surface area contributed by atoms with Crippen LogP contribution in [0, 0.1) is 6.92 Å². The van der Waals surface area contributed by atoms with Gasteiger partial charge in [0.05, 0.1) is 24.0 Å². The van der Waals surface area contributed by atoms with Crippen LogP contribution in [-0.4, -0.2) is 24.9 Å². The molecule has 0 bridgehead atoms. The first-order valence-electron chi connectivity index (χ1n) is 9.54. The van der Waals surface area contributed by atoms with Crippen molar-refractivity contribution in [2.45, 2.75) is 25.6 Å². The zero-order valence-corrected chi connectivity index (χ0v) is 16.4. The Bertz CT molecular complexity index is 850. The minimum absolute atomic E-state index is 0.269. The number of methoxy groups -OCH3 is 1. The van der Waals surface area contributed by atoms with E-state index in [1.165, 1.54) is 11.1 Å². The third-order valence-electron chi connectivity index (χ3n) is 4.74. The Kier molecular flexibility index (Phi) is 7.06. The molecular formula is C24H28N2O2. The summed E-state index contributed by atoms with van der Waals surface area (Å²) < 4.78 is 5.36. The number of hydrogen-bond acceptors (Lipinski definition) is 4. The monoisotopic (exact) mass is 376 g/mol. The van der Waals surface area contributed by atoms with Gasteiger partial charge in [-0.25, -0.2) is 0 Å². The van der Waals surface area contributed by atoms with E-state index in [4.69, 9.17) is 4.74 Å². The molecule has 0 radical (unpaired) electrons. The Morgan fingerprint density at radius 2 is 1.50 bits per heavy atom. The second kappa shape index (κ2) is 9.93. The number of rotatable bonds is 9. The lowest BCUT2D eigenvalue weighted by Crippen LogP contribution is -2.32. The smallest absolute Gasteiger partial charge is 0.101 e. The van der Waals surface area contributed by atoms with E-state index < -0.39 is 6.10 Å². The minimum atomic E-state index is -0.675. The number of anilines is 2. The molecule has 3 rings (SSSR count). The molecule has 0 amide bonds. The van der Waals surface area contributed by atoms with Crippen molar-refractivity contribution in [2.24, 2.45) is 0 Å². The first-order chi connectivity index (χ1) is 13.7. The summed E-state index contributed by atoms with van der Waals surface area (Å²) in [4.78, 5) is 0. The molecule has 0 saturated heterocycles. The Labute approximate surface area is 167 Å². The molecule has 0 heterocycles. The molecule has 2 atom stereocenters. The predicted molar refractivity (Wildman–Crippen MR) is 116 cm³/mol. The van der Waals surface area contributed by atoms with Crippen molar-refractivity contribution < 1.29 is 9.84 Å². The van der Waals surface area contributed by atoms with Crippen LogP contribution < -0.4 is 10.6 Å². The van der Waals surface area contributed by atoms with Crippen LogP contribution in [0.1, 0.15) is 22.8 Å². The van der Waals surface area contributed by atoms with Gasteiger partial charge in [0, 0.05) is 13.7 Å². The first kappa shape index (κ1) is 19.9. The summed E-state index contributed by atoms with van der Waals surface area (Å²) in [7, 11) is 1.65. The van der Waals surface area contributed by atoms with Crippen molar-refractivity contribution >= 4 is 11.4 Å². The molecule has 146 valence electrons. The average molecular weight is 377 g/mol. The molecule has 0 saturated carbocycles. The summed E-state index contributed by atoms with van der Waals surface area (Å²) in [6, 6.07) is 25.9. The highest BCUT2D eigenvalue weighted by Crippen LogP contribution is 2.26. The van der Waals surface area contributed by atoms with E-state index in [1.54, 1.807) is 7.11 Å². The highest BCUT2D eigenvalue weighted by atomic mass is 16.5.